The van der Waals surface area contributed by atoms with Gasteiger partial charge in [-0.05, 0) is 42.5 Å². The second-order valence-electron chi connectivity index (χ2n) is 7.60. The van der Waals surface area contributed by atoms with Crippen molar-refractivity contribution in [2.75, 3.05) is 18.1 Å². The molecule has 0 unspecified atom stereocenters. The van der Waals surface area contributed by atoms with Gasteiger partial charge in [0.05, 0.1) is 45.1 Å². The van der Waals surface area contributed by atoms with E-state index in [1.54, 1.807) is 48.5 Å². The second-order valence-corrected chi connectivity index (χ2v) is 8.01. The van der Waals surface area contributed by atoms with Crippen LogP contribution in [-0.2, 0) is 4.74 Å². The highest BCUT2D eigenvalue weighted by molar-refractivity contribution is 6.39. The van der Waals surface area contributed by atoms with Crippen LogP contribution in [0, 0.1) is 0 Å². The monoisotopic (exact) mass is 474 g/mol. The third kappa shape index (κ3) is 3.36. The summed E-state index contributed by atoms with van der Waals surface area (Å²) in [5, 5.41) is 0.241. The third-order valence-electron chi connectivity index (χ3n) is 5.64. The maximum absolute atomic E-state index is 12.9. The largest absolute Gasteiger partial charge is 0.460 e. The third-order valence-corrected chi connectivity index (χ3v) is 5.96. The van der Waals surface area contributed by atoms with Crippen LogP contribution >= 0.6 is 11.6 Å². The van der Waals surface area contributed by atoms with E-state index in [9.17, 15) is 24.0 Å². The lowest BCUT2D eigenvalue weighted by atomic mass is 10.1. The molecule has 0 radical (unpaired) electrons. The van der Waals surface area contributed by atoms with Crippen LogP contribution < -0.4 is 4.90 Å². The van der Waals surface area contributed by atoms with Crippen LogP contribution in [0.25, 0.3) is 0 Å². The molecule has 9 heteroatoms. The Balaban J connectivity index is 1.28. The molecule has 8 nitrogen and oxygen atoms in total. The van der Waals surface area contributed by atoms with Crippen LogP contribution in [0.15, 0.2) is 66.7 Å². The first kappa shape index (κ1) is 21.5. The maximum Gasteiger partial charge on any atom is 0.338 e. The minimum absolute atomic E-state index is 0.0553. The standard InChI is InChI=1S/C25H15ClN2O6/c26-19-7-3-4-8-20(19)28-23(31)17-10-9-14(13-18(17)24(28)32)25(33)34-12-11-27-21(29)15-5-1-2-6-16(15)22(27)30/h1-10,13H,11-12H2. The molecule has 0 aromatic heterocycles. The van der Waals surface area contributed by atoms with E-state index in [1.165, 1.54) is 18.2 Å². The highest BCUT2D eigenvalue weighted by atomic mass is 35.5. The number of fused-ring (bicyclic) bond motifs is 2. The van der Waals surface area contributed by atoms with Crippen molar-refractivity contribution in [1.82, 2.24) is 4.90 Å². The van der Waals surface area contributed by atoms with E-state index in [-0.39, 0.29) is 40.6 Å². The summed E-state index contributed by atoms with van der Waals surface area (Å²) in [5.74, 6) is -2.79. The maximum atomic E-state index is 12.9. The molecule has 0 fully saturated rings. The van der Waals surface area contributed by atoms with E-state index in [4.69, 9.17) is 16.3 Å². The summed E-state index contributed by atoms with van der Waals surface area (Å²) < 4.78 is 5.22. The lowest BCUT2D eigenvalue weighted by molar-refractivity contribution is 0.0420. The fourth-order valence-corrected chi connectivity index (χ4v) is 4.20. The van der Waals surface area contributed by atoms with E-state index in [1.807, 2.05) is 0 Å². The van der Waals surface area contributed by atoms with Crippen molar-refractivity contribution in [3.05, 3.63) is 99.6 Å². The molecule has 0 spiro atoms. The van der Waals surface area contributed by atoms with E-state index < -0.39 is 29.6 Å². The molecule has 2 heterocycles. The Hall–Kier alpha value is -4.30. The van der Waals surface area contributed by atoms with Gasteiger partial charge in [0.2, 0.25) is 0 Å². The molecule has 0 aliphatic carbocycles. The molecule has 2 aliphatic rings. The molecule has 4 amide bonds. The van der Waals surface area contributed by atoms with Gasteiger partial charge in [0.1, 0.15) is 6.61 Å². The van der Waals surface area contributed by atoms with Gasteiger partial charge in [0.25, 0.3) is 23.6 Å². The fourth-order valence-electron chi connectivity index (χ4n) is 3.97. The first-order valence-electron chi connectivity index (χ1n) is 10.3. The zero-order chi connectivity index (χ0) is 24.0. The zero-order valence-corrected chi connectivity index (χ0v) is 18.2. The molecule has 5 rings (SSSR count). The number of hydrogen-bond donors (Lipinski definition) is 0. The highest BCUT2D eigenvalue weighted by Gasteiger charge is 2.38. The van der Waals surface area contributed by atoms with Crippen LogP contribution in [0.2, 0.25) is 5.02 Å². The summed E-state index contributed by atoms with van der Waals surface area (Å²) in [6.45, 7) is -0.333. The number of nitrogens with zero attached hydrogens (tertiary/aromatic N) is 2. The van der Waals surface area contributed by atoms with Gasteiger partial charge in [-0.1, -0.05) is 35.9 Å². The van der Waals surface area contributed by atoms with Gasteiger partial charge in [0.15, 0.2) is 0 Å². The predicted molar refractivity (Wildman–Crippen MR) is 121 cm³/mol. The summed E-state index contributed by atoms with van der Waals surface area (Å²) in [6, 6.07) is 17.0. The topological polar surface area (TPSA) is 101 Å². The average molecular weight is 475 g/mol. The summed E-state index contributed by atoms with van der Waals surface area (Å²) >= 11 is 6.15. The molecule has 0 saturated heterocycles. The van der Waals surface area contributed by atoms with Crippen molar-refractivity contribution in [1.29, 1.82) is 0 Å². The Morgan fingerprint density at radius 2 is 1.32 bits per heavy atom. The molecule has 34 heavy (non-hydrogen) atoms. The van der Waals surface area contributed by atoms with Gasteiger partial charge in [0, 0.05) is 0 Å². The van der Waals surface area contributed by atoms with E-state index in [0.29, 0.717) is 11.1 Å². The lowest BCUT2D eigenvalue weighted by Crippen LogP contribution is -2.33. The number of esters is 1. The van der Waals surface area contributed by atoms with Crippen LogP contribution in [0.1, 0.15) is 51.8 Å². The molecule has 168 valence electrons. The van der Waals surface area contributed by atoms with Crippen molar-refractivity contribution >= 4 is 46.9 Å². The van der Waals surface area contributed by atoms with E-state index >= 15 is 0 Å². The minimum atomic E-state index is -0.754. The number of hydrogen-bond acceptors (Lipinski definition) is 6. The summed E-state index contributed by atoms with van der Waals surface area (Å²) in [6.07, 6.45) is 0. The summed E-state index contributed by atoms with van der Waals surface area (Å²) in [4.78, 5) is 65.0. The number of rotatable bonds is 5. The Morgan fingerprint density at radius 3 is 2.00 bits per heavy atom. The number of para-hydroxylation sites is 1. The van der Waals surface area contributed by atoms with Crippen molar-refractivity contribution in [3.8, 4) is 0 Å². The Morgan fingerprint density at radius 1 is 0.735 bits per heavy atom. The summed E-state index contributed by atoms with van der Waals surface area (Å²) in [7, 11) is 0. The number of benzene rings is 3. The normalized spacial score (nSPS) is 14.5. The van der Waals surface area contributed by atoms with Crippen LogP contribution in [0.4, 0.5) is 5.69 Å². The number of ether oxygens (including phenoxy) is 1. The minimum Gasteiger partial charge on any atom is -0.460 e. The Kier molecular flexibility index (Phi) is 5.22. The Bertz CT molecular complexity index is 1380. The molecule has 0 bridgehead atoms. The molecule has 0 saturated carbocycles. The van der Waals surface area contributed by atoms with Gasteiger partial charge in [-0.3, -0.25) is 24.1 Å². The smallest absolute Gasteiger partial charge is 0.338 e. The molecule has 3 aromatic rings. The molecule has 2 aliphatic heterocycles. The molecule has 0 atom stereocenters. The quantitative estimate of drug-likeness (QED) is 0.413. The number of carbonyl (C=O) groups is 5. The average Bonchev–Trinajstić information content (AvgIpc) is 3.24. The lowest BCUT2D eigenvalue weighted by Gasteiger charge is -2.15. The Labute approximate surface area is 198 Å². The SMILES string of the molecule is O=C(OCCN1C(=O)c2ccccc2C1=O)c1ccc2c(c1)C(=O)N(c1ccccc1Cl)C2=O. The number of imide groups is 2. The number of anilines is 1. The van der Waals surface area contributed by atoms with Crippen molar-refractivity contribution in [3.63, 3.8) is 0 Å². The first-order chi connectivity index (χ1) is 16.4. The van der Waals surface area contributed by atoms with Crippen molar-refractivity contribution in [2.24, 2.45) is 0 Å². The van der Waals surface area contributed by atoms with Gasteiger partial charge in [-0.15, -0.1) is 0 Å². The number of carbonyl (C=O) groups excluding carboxylic acids is 5. The van der Waals surface area contributed by atoms with Crippen LogP contribution in [-0.4, -0.2) is 47.6 Å². The molecule has 0 N–H and O–H groups in total. The van der Waals surface area contributed by atoms with Gasteiger partial charge in [-0.2, -0.15) is 0 Å². The fraction of sp³-hybridized carbons (Fsp3) is 0.0800. The van der Waals surface area contributed by atoms with Crippen molar-refractivity contribution < 1.29 is 28.7 Å². The van der Waals surface area contributed by atoms with Gasteiger partial charge < -0.3 is 4.74 Å². The molecular formula is C25H15ClN2O6. The predicted octanol–water partition coefficient (Wildman–Crippen LogP) is 3.59. The van der Waals surface area contributed by atoms with Crippen LogP contribution in [0.3, 0.4) is 0 Å². The van der Waals surface area contributed by atoms with Gasteiger partial charge in [-0.25, -0.2) is 9.69 Å². The van der Waals surface area contributed by atoms with E-state index in [0.717, 1.165) is 9.80 Å². The molecular weight excluding hydrogens is 460 g/mol. The first-order valence-corrected chi connectivity index (χ1v) is 10.7. The van der Waals surface area contributed by atoms with E-state index in [2.05, 4.69) is 0 Å². The van der Waals surface area contributed by atoms with Crippen LogP contribution in [0.5, 0.6) is 0 Å². The summed E-state index contributed by atoms with van der Waals surface area (Å²) in [5.41, 5.74) is 1.13. The zero-order valence-electron chi connectivity index (χ0n) is 17.5. The molecule has 3 aromatic carbocycles. The number of halogens is 1. The van der Waals surface area contributed by atoms with Gasteiger partial charge >= 0.3 is 5.97 Å². The van der Waals surface area contributed by atoms with Crippen molar-refractivity contribution in [2.45, 2.75) is 0 Å². The second kappa shape index (κ2) is 8.24. The number of amides is 4. The highest BCUT2D eigenvalue weighted by Crippen LogP contribution is 2.33.